The molecule has 1 aromatic carbocycles. The summed E-state index contributed by atoms with van der Waals surface area (Å²) in [6.07, 6.45) is 1.23. The van der Waals surface area contributed by atoms with Crippen LogP contribution in [-0.2, 0) is 4.79 Å². The molecule has 0 unspecified atom stereocenters. The Labute approximate surface area is 104 Å². The third kappa shape index (κ3) is 4.23. The lowest BCUT2D eigenvalue weighted by atomic mass is 10.2. The molecule has 0 aliphatic carbocycles. The highest BCUT2D eigenvalue weighted by atomic mass is 79.9. The summed E-state index contributed by atoms with van der Waals surface area (Å²) in [6.45, 7) is 2.56. The van der Waals surface area contributed by atoms with Crippen molar-refractivity contribution in [3.8, 4) is 5.75 Å². The summed E-state index contributed by atoms with van der Waals surface area (Å²) in [5.41, 5.74) is 1.10. The summed E-state index contributed by atoms with van der Waals surface area (Å²) in [7, 11) is 1.64. The first-order valence-electron chi connectivity index (χ1n) is 5.23. The van der Waals surface area contributed by atoms with E-state index in [0.29, 0.717) is 13.0 Å². The monoisotopic (exact) mass is 285 g/mol. The van der Waals surface area contributed by atoms with Gasteiger partial charge in [0.2, 0.25) is 5.91 Å². The molecule has 0 aliphatic rings. The fraction of sp³-hybridized carbons (Fsp3) is 0.417. The molecule has 16 heavy (non-hydrogen) atoms. The molecule has 1 rings (SSSR count). The van der Waals surface area contributed by atoms with Gasteiger partial charge in [0, 0.05) is 17.9 Å². The Morgan fingerprint density at radius 1 is 1.50 bits per heavy atom. The van der Waals surface area contributed by atoms with E-state index < -0.39 is 0 Å². The van der Waals surface area contributed by atoms with E-state index in [1.165, 1.54) is 0 Å². The van der Waals surface area contributed by atoms with Gasteiger partial charge in [-0.1, -0.05) is 22.0 Å². The molecule has 1 aromatic rings. The summed E-state index contributed by atoms with van der Waals surface area (Å²) < 4.78 is 6.60. The SMILES string of the molecule is CNC(=O)CCCOc1cc(Br)ccc1C. The zero-order valence-electron chi connectivity index (χ0n) is 9.55. The fourth-order valence-corrected chi connectivity index (χ4v) is 1.61. The smallest absolute Gasteiger partial charge is 0.219 e. The maximum Gasteiger partial charge on any atom is 0.219 e. The summed E-state index contributed by atoms with van der Waals surface area (Å²) in [5.74, 6) is 0.917. The number of hydrogen-bond acceptors (Lipinski definition) is 2. The molecule has 0 atom stereocenters. The van der Waals surface area contributed by atoms with E-state index in [1.807, 2.05) is 25.1 Å². The number of carbonyl (C=O) groups is 1. The number of amides is 1. The lowest BCUT2D eigenvalue weighted by Gasteiger charge is -2.09. The van der Waals surface area contributed by atoms with Crippen molar-refractivity contribution < 1.29 is 9.53 Å². The predicted octanol–water partition coefficient (Wildman–Crippen LogP) is 2.66. The van der Waals surface area contributed by atoms with Crippen molar-refractivity contribution in [2.24, 2.45) is 0 Å². The van der Waals surface area contributed by atoms with Crippen LogP contribution in [0.2, 0.25) is 0 Å². The quantitative estimate of drug-likeness (QED) is 0.845. The fourth-order valence-electron chi connectivity index (χ4n) is 1.27. The van der Waals surface area contributed by atoms with Crippen molar-refractivity contribution in [2.45, 2.75) is 19.8 Å². The topological polar surface area (TPSA) is 38.3 Å². The molecule has 1 N–H and O–H groups in total. The molecule has 0 bridgehead atoms. The van der Waals surface area contributed by atoms with E-state index in [1.54, 1.807) is 7.05 Å². The van der Waals surface area contributed by atoms with Crippen LogP contribution in [0.5, 0.6) is 5.75 Å². The van der Waals surface area contributed by atoms with Gasteiger partial charge in [0.05, 0.1) is 6.61 Å². The summed E-state index contributed by atoms with van der Waals surface area (Å²) in [5, 5.41) is 2.58. The Morgan fingerprint density at radius 2 is 2.25 bits per heavy atom. The van der Waals surface area contributed by atoms with Gasteiger partial charge in [-0.05, 0) is 31.0 Å². The van der Waals surface area contributed by atoms with E-state index in [0.717, 1.165) is 22.2 Å². The zero-order chi connectivity index (χ0) is 12.0. The number of rotatable bonds is 5. The lowest BCUT2D eigenvalue weighted by Crippen LogP contribution is -2.18. The Morgan fingerprint density at radius 3 is 2.94 bits per heavy atom. The van der Waals surface area contributed by atoms with Crippen LogP contribution in [0.3, 0.4) is 0 Å². The van der Waals surface area contributed by atoms with Crippen LogP contribution in [0.1, 0.15) is 18.4 Å². The van der Waals surface area contributed by atoms with Gasteiger partial charge in [0.25, 0.3) is 0 Å². The van der Waals surface area contributed by atoms with E-state index in [-0.39, 0.29) is 5.91 Å². The first-order chi connectivity index (χ1) is 7.63. The molecule has 0 fully saturated rings. The number of ether oxygens (including phenoxy) is 1. The van der Waals surface area contributed by atoms with Gasteiger partial charge in [-0.25, -0.2) is 0 Å². The molecule has 4 heteroatoms. The highest BCUT2D eigenvalue weighted by Crippen LogP contribution is 2.22. The van der Waals surface area contributed by atoms with Crippen LogP contribution in [0.25, 0.3) is 0 Å². The van der Waals surface area contributed by atoms with Crippen LogP contribution in [0.15, 0.2) is 22.7 Å². The molecular weight excluding hydrogens is 270 g/mol. The van der Waals surface area contributed by atoms with Crippen LogP contribution < -0.4 is 10.1 Å². The first-order valence-corrected chi connectivity index (χ1v) is 6.02. The van der Waals surface area contributed by atoms with Gasteiger partial charge < -0.3 is 10.1 Å². The third-order valence-corrected chi connectivity index (χ3v) is 2.73. The Hall–Kier alpha value is -1.03. The maximum absolute atomic E-state index is 11.0. The molecule has 0 spiro atoms. The standard InChI is InChI=1S/C12H16BrNO2/c1-9-5-6-10(13)8-11(9)16-7-3-4-12(15)14-2/h5-6,8H,3-4,7H2,1-2H3,(H,14,15). The van der Waals surface area contributed by atoms with Crippen molar-refractivity contribution >= 4 is 21.8 Å². The Kier molecular flexibility index (Phi) is 5.32. The van der Waals surface area contributed by atoms with Gasteiger partial charge in [0.15, 0.2) is 0 Å². The lowest BCUT2D eigenvalue weighted by molar-refractivity contribution is -0.120. The molecule has 1 amide bonds. The second kappa shape index (κ2) is 6.53. The average molecular weight is 286 g/mol. The molecule has 0 saturated heterocycles. The molecule has 0 aromatic heterocycles. The minimum Gasteiger partial charge on any atom is -0.493 e. The van der Waals surface area contributed by atoms with Gasteiger partial charge in [-0.2, -0.15) is 0 Å². The van der Waals surface area contributed by atoms with Crippen molar-refractivity contribution in [1.29, 1.82) is 0 Å². The summed E-state index contributed by atoms with van der Waals surface area (Å²) in [4.78, 5) is 11.0. The van der Waals surface area contributed by atoms with Crippen molar-refractivity contribution in [3.63, 3.8) is 0 Å². The van der Waals surface area contributed by atoms with E-state index >= 15 is 0 Å². The summed E-state index contributed by atoms with van der Waals surface area (Å²) >= 11 is 3.40. The largest absolute Gasteiger partial charge is 0.493 e. The van der Waals surface area contributed by atoms with Crippen LogP contribution >= 0.6 is 15.9 Å². The minimum atomic E-state index is 0.0505. The number of nitrogens with one attached hydrogen (secondary N) is 1. The molecule has 0 radical (unpaired) electrons. The Balaban J connectivity index is 2.37. The maximum atomic E-state index is 11.0. The molecule has 3 nitrogen and oxygen atoms in total. The van der Waals surface area contributed by atoms with Crippen molar-refractivity contribution in [2.75, 3.05) is 13.7 Å². The summed E-state index contributed by atoms with van der Waals surface area (Å²) in [6, 6.07) is 5.92. The van der Waals surface area contributed by atoms with Crippen molar-refractivity contribution in [3.05, 3.63) is 28.2 Å². The molecule has 0 saturated carbocycles. The number of carbonyl (C=O) groups excluding carboxylic acids is 1. The van der Waals surface area contributed by atoms with Crippen LogP contribution in [0, 0.1) is 6.92 Å². The zero-order valence-corrected chi connectivity index (χ0v) is 11.1. The van der Waals surface area contributed by atoms with Crippen LogP contribution in [-0.4, -0.2) is 19.6 Å². The second-order valence-corrected chi connectivity index (χ2v) is 4.45. The number of hydrogen-bond donors (Lipinski definition) is 1. The van der Waals surface area contributed by atoms with Gasteiger partial charge >= 0.3 is 0 Å². The number of aryl methyl sites for hydroxylation is 1. The molecule has 0 aliphatic heterocycles. The third-order valence-electron chi connectivity index (χ3n) is 2.23. The van der Waals surface area contributed by atoms with Gasteiger partial charge in [-0.15, -0.1) is 0 Å². The van der Waals surface area contributed by atoms with Crippen molar-refractivity contribution in [1.82, 2.24) is 5.32 Å². The Bertz CT molecular complexity index is 366. The number of halogens is 1. The van der Waals surface area contributed by atoms with Crippen LogP contribution in [0.4, 0.5) is 0 Å². The predicted molar refractivity (Wildman–Crippen MR) is 67.7 cm³/mol. The highest BCUT2D eigenvalue weighted by molar-refractivity contribution is 9.10. The van der Waals surface area contributed by atoms with E-state index in [9.17, 15) is 4.79 Å². The molecular formula is C12H16BrNO2. The van der Waals surface area contributed by atoms with E-state index in [2.05, 4.69) is 21.2 Å². The molecule has 88 valence electrons. The number of benzene rings is 1. The van der Waals surface area contributed by atoms with Gasteiger partial charge in [0.1, 0.15) is 5.75 Å². The highest BCUT2D eigenvalue weighted by Gasteiger charge is 2.01. The average Bonchev–Trinajstić information content (AvgIpc) is 2.28. The minimum absolute atomic E-state index is 0.0505. The van der Waals surface area contributed by atoms with E-state index in [4.69, 9.17) is 4.74 Å². The molecule has 0 heterocycles. The second-order valence-electron chi connectivity index (χ2n) is 3.54. The normalized spacial score (nSPS) is 9.94. The first kappa shape index (κ1) is 13.0. The van der Waals surface area contributed by atoms with Gasteiger partial charge in [-0.3, -0.25) is 4.79 Å².